The van der Waals surface area contributed by atoms with Crippen molar-refractivity contribution >= 4 is 28.5 Å². The van der Waals surface area contributed by atoms with Gasteiger partial charge in [-0.05, 0) is 42.8 Å². The summed E-state index contributed by atoms with van der Waals surface area (Å²) in [5.74, 6) is 0.602. The summed E-state index contributed by atoms with van der Waals surface area (Å²) in [5, 5.41) is 5.28. The SMILES string of the molecule is COc1ccc(-c2csc(NC(=O)C=Cc3ccc(C)cc3)n2)cc1. The number of thiazole rings is 1. The van der Waals surface area contributed by atoms with E-state index in [-0.39, 0.29) is 5.91 Å². The first-order chi connectivity index (χ1) is 12.1. The summed E-state index contributed by atoms with van der Waals surface area (Å²) in [6.07, 6.45) is 3.30. The van der Waals surface area contributed by atoms with Crippen LogP contribution in [0.2, 0.25) is 0 Å². The number of amides is 1. The van der Waals surface area contributed by atoms with E-state index in [1.165, 1.54) is 23.0 Å². The van der Waals surface area contributed by atoms with E-state index in [1.54, 1.807) is 13.2 Å². The summed E-state index contributed by atoms with van der Waals surface area (Å²) in [6, 6.07) is 15.6. The van der Waals surface area contributed by atoms with Crippen LogP contribution in [-0.2, 0) is 4.79 Å². The molecule has 0 aliphatic rings. The number of nitrogens with zero attached hydrogens (tertiary/aromatic N) is 1. The molecule has 2 aromatic carbocycles. The molecule has 0 bridgehead atoms. The van der Waals surface area contributed by atoms with Crippen molar-refractivity contribution in [1.82, 2.24) is 4.98 Å². The van der Waals surface area contributed by atoms with Gasteiger partial charge in [0.2, 0.25) is 5.91 Å². The summed E-state index contributed by atoms with van der Waals surface area (Å²) in [7, 11) is 1.63. The lowest BCUT2D eigenvalue weighted by Crippen LogP contribution is -2.07. The number of anilines is 1. The average Bonchev–Trinajstić information content (AvgIpc) is 3.10. The van der Waals surface area contributed by atoms with E-state index in [0.29, 0.717) is 5.13 Å². The summed E-state index contributed by atoms with van der Waals surface area (Å²) in [6.45, 7) is 2.03. The lowest BCUT2D eigenvalue weighted by atomic mass is 10.1. The van der Waals surface area contributed by atoms with Crippen molar-refractivity contribution in [3.8, 4) is 17.0 Å². The first-order valence-electron chi connectivity index (χ1n) is 7.80. The van der Waals surface area contributed by atoms with Gasteiger partial charge >= 0.3 is 0 Å². The Morgan fingerprint density at radius 1 is 1.12 bits per heavy atom. The molecule has 126 valence electrons. The normalized spacial score (nSPS) is 10.8. The number of aromatic nitrogens is 1. The summed E-state index contributed by atoms with van der Waals surface area (Å²) < 4.78 is 5.15. The van der Waals surface area contributed by atoms with E-state index >= 15 is 0 Å². The third-order valence-electron chi connectivity index (χ3n) is 3.62. The Balaban J connectivity index is 1.64. The van der Waals surface area contributed by atoms with Gasteiger partial charge in [0.05, 0.1) is 12.8 Å². The van der Waals surface area contributed by atoms with Gasteiger partial charge in [-0.1, -0.05) is 29.8 Å². The van der Waals surface area contributed by atoms with Gasteiger partial charge in [0.25, 0.3) is 0 Å². The topological polar surface area (TPSA) is 51.2 Å². The maximum absolute atomic E-state index is 12.0. The molecule has 0 saturated carbocycles. The molecule has 1 aromatic heterocycles. The zero-order valence-electron chi connectivity index (χ0n) is 14.0. The van der Waals surface area contributed by atoms with Gasteiger partial charge in [-0.3, -0.25) is 10.1 Å². The van der Waals surface area contributed by atoms with Crippen LogP contribution in [-0.4, -0.2) is 18.0 Å². The van der Waals surface area contributed by atoms with Gasteiger partial charge < -0.3 is 4.74 Å². The summed E-state index contributed by atoms with van der Waals surface area (Å²) >= 11 is 1.40. The largest absolute Gasteiger partial charge is 0.497 e. The Labute approximate surface area is 150 Å². The quantitative estimate of drug-likeness (QED) is 0.674. The van der Waals surface area contributed by atoms with Crippen LogP contribution in [0.1, 0.15) is 11.1 Å². The molecule has 0 saturated heterocycles. The van der Waals surface area contributed by atoms with E-state index in [4.69, 9.17) is 4.74 Å². The second kappa shape index (κ2) is 7.77. The fraction of sp³-hybridized carbons (Fsp3) is 0.100. The van der Waals surface area contributed by atoms with E-state index in [2.05, 4.69) is 10.3 Å². The van der Waals surface area contributed by atoms with E-state index in [9.17, 15) is 4.79 Å². The standard InChI is InChI=1S/C20H18N2O2S/c1-14-3-5-15(6-4-14)7-12-19(23)22-20-21-18(13-25-20)16-8-10-17(24-2)11-9-16/h3-13H,1-2H3,(H,21,22,23). The van der Waals surface area contributed by atoms with Crippen LogP contribution >= 0.6 is 11.3 Å². The molecule has 0 unspecified atom stereocenters. The fourth-order valence-corrected chi connectivity index (χ4v) is 2.94. The molecule has 0 atom stereocenters. The number of benzene rings is 2. The fourth-order valence-electron chi connectivity index (χ4n) is 2.22. The number of methoxy groups -OCH3 is 1. The number of nitrogens with one attached hydrogen (secondary N) is 1. The summed E-state index contributed by atoms with van der Waals surface area (Å²) in [5.41, 5.74) is 3.98. The van der Waals surface area contributed by atoms with E-state index in [1.807, 2.05) is 60.8 Å². The van der Waals surface area contributed by atoms with Crippen LogP contribution in [0.3, 0.4) is 0 Å². The molecule has 0 radical (unpaired) electrons. The smallest absolute Gasteiger partial charge is 0.250 e. The highest BCUT2D eigenvalue weighted by Gasteiger charge is 2.06. The molecule has 0 spiro atoms. The number of hydrogen-bond donors (Lipinski definition) is 1. The number of carbonyl (C=O) groups is 1. The molecule has 4 nitrogen and oxygen atoms in total. The highest BCUT2D eigenvalue weighted by Crippen LogP contribution is 2.26. The molecule has 1 amide bonds. The Morgan fingerprint density at radius 2 is 1.84 bits per heavy atom. The van der Waals surface area contributed by atoms with Crippen LogP contribution < -0.4 is 10.1 Å². The van der Waals surface area contributed by atoms with Crippen molar-refractivity contribution in [2.45, 2.75) is 6.92 Å². The van der Waals surface area contributed by atoms with E-state index < -0.39 is 0 Å². The minimum atomic E-state index is -0.198. The van der Waals surface area contributed by atoms with Crippen molar-refractivity contribution in [1.29, 1.82) is 0 Å². The molecule has 25 heavy (non-hydrogen) atoms. The Kier molecular flexibility index (Phi) is 5.26. The Hall–Kier alpha value is -2.92. The first-order valence-corrected chi connectivity index (χ1v) is 8.68. The van der Waals surface area contributed by atoms with Crippen molar-refractivity contribution in [2.24, 2.45) is 0 Å². The van der Waals surface area contributed by atoms with Gasteiger partial charge in [-0.15, -0.1) is 11.3 Å². The lowest BCUT2D eigenvalue weighted by Gasteiger charge is -2.00. The molecular weight excluding hydrogens is 332 g/mol. The minimum Gasteiger partial charge on any atom is -0.497 e. The zero-order valence-corrected chi connectivity index (χ0v) is 14.8. The predicted octanol–water partition coefficient (Wildman–Crippen LogP) is 4.78. The van der Waals surface area contributed by atoms with Crippen molar-refractivity contribution in [3.05, 3.63) is 71.1 Å². The molecule has 1 N–H and O–H groups in total. The lowest BCUT2D eigenvalue weighted by molar-refractivity contribution is -0.111. The van der Waals surface area contributed by atoms with Crippen LogP contribution in [0.4, 0.5) is 5.13 Å². The minimum absolute atomic E-state index is 0.198. The second-order valence-electron chi connectivity index (χ2n) is 5.50. The number of hydrogen-bond acceptors (Lipinski definition) is 4. The van der Waals surface area contributed by atoms with Crippen LogP contribution in [0.25, 0.3) is 17.3 Å². The number of rotatable bonds is 5. The van der Waals surface area contributed by atoms with Crippen molar-refractivity contribution in [2.75, 3.05) is 12.4 Å². The first kappa shape index (κ1) is 16.9. The monoisotopic (exact) mass is 350 g/mol. The highest BCUT2D eigenvalue weighted by molar-refractivity contribution is 7.14. The number of carbonyl (C=O) groups excluding carboxylic acids is 1. The predicted molar refractivity (Wildman–Crippen MR) is 103 cm³/mol. The second-order valence-corrected chi connectivity index (χ2v) is 6.36. The van der Waals surface area contributed by atoms with E-state index in [0.717, 1.165) is 22.6 Å². The van der Waals surface area contributed by atoms with Crippen molar-refractivity contribution < 1.29 is 9.53 Å². The highest BCUT2D eigenvalue weighted by atomic mass is 32.1. The number of ether oxygens (including phenoxy) is 1. The Morgan fingerprint density at radius 3 is 2.52 bits per heavy atom. The van der Waals surface area contributed by atoms with Crippen LogP contribution in [0, 0.1) is 6.92 Å². The molecule has 0 aliphatic heterocycles. The Bertz CT molecular complexity index is 881. The number of aryl methyl sites for hydroxylation is 1. The molecular formula is C20H18N2O2S. The molecule has 0 fully saturated rings. The average molecular weight is 350 g/mol. The third kappa shape index (κ3) is 4.55. The van der Waals surface area contributed by atoms with Crippen molar-refractivity contribution in [3.63, 3.8) is 0 Å². The van der Waals surface area contributed by atoms with Gasteiger partial charge in [-0.2, -0.15) is 0 Å². The molecule has 1 heterocycles. The molecule has 3 aromatic rings. The molecule has 5 heteroatoms. The maximum Gasteiger partial charge on any atom is 0.250 e. The van der Waals surface area contributed by atoms with Gasteiger partial charge in [-0.25, -0.2) is 4.98 Å². The van der Waals surface area contributed by atoms with Crippen LogP contribution in [0.15, 0.2) is 60.0 Å². The van der Waals surface area contributed by atoms with Crippen LogP contribution in [0.5, 0.6) is 5.75 Å². The van der Waals surface area contributed by atoms with Gasteiger partial charge in [0.1, 0.15) is 5.75 Å². The molecule has 3 rings (SSSR count). The zero-order chi connectivity index (χ0) is 17.6. The third-order valence-corrected chi connectivity index (χ3v) is 4.38. The maximum atomic E-state index is 12.0. The molecule has 0 aliphatic carbocycles. The summed E-state index contributed by atoms with van der Waals surface area (Å²) in [4.78, 5) is 16.5. The van der Waals surface area contributed by atoms with Gasteiger partial charge in [0, 0.05) is 17.0 Å². The van der Waals surface area contributed by atoms with Gasteiger partial charge in [0.15, 0.2) is 5.13 Å².